The van der Waals surface area contributed by atoms with Crippen LogP contribution in [0.3, 0.4) is 0 Å². The van der Waals surface area contributed by atoms with Crippen molar-refractivity contribution in [3.05, 3.63) is 22.4 Å². The second kappa shape index (κ2) is 5.46. The van der Waals surface area contributed by atoms with Gasteiger partial charge in [0, 0.05) is 13.1 Å². The van der Waals surface area contributed by atoms with Crippen molar-refractivity contribution in [3.8, 4) is 0 Å². The zero-order valence-electron chi connectivity index (χ0n) is 9.61. The third-order valence-corrected chi connectivity index (χ3v) is 3.67. The zero-order chi connectivity index (χ0) is 11.4. The quantitative estimate of drug-likeness (QED) is 0.762. The SMILES string of the molecule is CN(C(=O)CNCCc1ccsc1)C1CC1. The van der Waals surface area contributed by atoms with E-state index in [1.165, 1.54) is 18.4 Å². The van der Waals surface area contributed by atoms with Gasteiger partial charge in [0.2, 0.25) is 5.91 Å². The van der Waals surface area contributed by atoms with Crippen LogP contribution in [-0.2, 0) is 11.2 Å². The summed E-state index contributed by atoms with van der Waals surface area (Å²) in [5.41, 5.74) is 1.35. The molecule has 1 aromatic heterocycles. The first-order valence-corrected chi connectivity index (χ1v) is 6.69. The van der Waals surface area contributed by atoms with Crippen molar-refractivity contribution in [2.45, 2.75) is 25.3 Å². The van der Waals surface area contributed by atoms with Crippen LogP contribution in [0.5, 0.6) is 0 Å². The summed E-state index contributed by atoms with van der Waals surface area (Å²) in [7, 11) is 1.90. The van der Waals surface area contributed by atoms with Crippen LogP contribution in [0.2, 0.25) is 0 Å². The van der Waals surface area contributed by atoms with E-state index in [0.29, 0.717) is 12.6 Å². The molecule has 0 bridgehead atoms. The molecule has 0 saturated heterocycles. The van der Waals surface area contributed by atoms with E-state index >= 15 is 0 Å². The first kappa shape index (κ1) is 11.6. The molecule has 4 heteroatoms. The van der Waals surface area contributed by atoms with Crippen LogP contribution in [0.15, 0.2) is 16.8 Å². The van der Waals surface area contributed by atoms with Crippen LogP contribution < -0.4 is 5.32 Å². The molecule has 1 heterocycles. The maximum absolute atomic E-state index is 11.7. The number of carbonyl (C=O) groups is 1. The fourth-order valence-corrected chi connectivity index (χ4v) is 2.36. The Morgan fingerprint density at radius 2 is 2.44 bits per heavy atom. The third-order valence-electron chi connectivity index (χ3n) is 2.93. The van der Waals surface area contributed by atoms with E-state index < -0.39 is 0 Å². The molecule has 1 N–H and O–H groups in total. The summed E-state index contributed by atoms with van der Waals surface area (Å²) in [6.45, 7) is 1.35. The summed E-state index contributed by atoms with van der Waals surface area (Å²) >= 11 is 1.72. The number of amides is 1. The van der Waals surface area contributed by atoms with Gasteiger partial charge in [-0.1, -0.05) is 0 Å². The molecule has 16 heavy (non-hydrogen) atoms. The lowest BCUT2D eigenvalue weighted by Gasteiger charge is -2.16. The molecule has 0 spiro atoms. The summed E-state index contributed by atoms with van der Waals surface area (Å²) in [4.78, 5) is 13.5. The molecule has 0 atom stereocenters. The van der Waals surface area contributed by atoms with Gasteiger partial charge in [0.05, 0.1) is 6.54 Å². The van der Waals surface area contributed by atoms with E-state index in [2.05, 4.69) is 22.1 Å². The van der Waals surface area contributed by atoms with Crippen LogP contribution in [0, 0.1) is 0 Å². The van der Waals surface area contributed by atoms with Crippen molar-refractivity contribution in [1.29, 1.82) is 0 Å². The molecule has 0 radical (unpaired) electrons. The van der Waals surface area contributed by atoms with Gasteiger partial charge < -0.3 is 10.2 Å². The molecule has 0 aliphatic heterocycles. The summed E-state index contributed by atoms with van der Waals surface area (Å²) in [6.07, 6.45) is 3.36. The van der Waals surface area contributed by atoms with Crippen LogP contribution in [-0.4, -0.2) is 37.0 Å². The van der Waals surface area contributed by atoms with Gasteiger partial charge in [-0.15, -0.1) is 0 Å². The highest BCUT2D eigenvalue weighted by atomic mass is 32.1. The predicted molar refractivity (Wildman–Crippen MR) is 66.7 cm³/mol. The van der Waals surface area contributed by atoms with Crippen molar-refractivity contribution in [2.24, 2.45) is 0 Å². The summed E-state index contributed by atoms with van der Waals surface area (Å²) in [5.74, 6) is 0.216. The van der Waals surface area contributed by atoms with E-state index in [1.807, 2.05) is 11.9 Å². The van der Waals surface area contributed by atoms with Gasteiger partial charge in [-0.05, 0) is 48.2 Å². The Morgan fingerprint density at radius 1 is 1.62 bits per heavy atom. The molecule has 1 aliphatic rings. The molecule has 1 saturated carbocycles. The molecule has 1 fully saturated rings. The first-order valence-electron chi connectivity index (χ1n) is 5.75. The predicted octanol–water partition coefficient (Wildman–Crippen LogP) is 1.50. The Labute approximate surface area is 100 Å². The molecule has 1 aliphatic carbocycles. The Kier molecular flexibility index (Phi) is 3.96. The maximum atomic E-state index is 11.7. The number of rotatable bonds is 6. The molecule has 1 amide bonds. The second-order valence-electron chi connectivity index (χ2n) is 4.29. The summed E-state index contributed by atoms with van der Waals surface area (Å²) in [5, 5.41) is 7.44. The lowest BCUT2D eigenvalue weighted by atomic mass is 10.2. The topological polar surface area (TPSA) is 32.3 Å². The molecule has 0 unspecified atom stereocenters. The summed E-state index contributed by atoms with van der Waals surface area (Å²) < 4.78 is 0. The fourth-order valence-electron chi connectivity index (χ4n) is 1.65. The van der Waals surface area contributed by atoms with E-state index in [1.54, 1.807) is 11.3 Å². The van der Waals surface area contributed by atoms with Gasteiger partial charge in [-0.3, -0.25) is 4.79 Å². The Bertz CT molecular complexity index is 333. The smallest absolute Gasteiger partial charge is 0.236 e. The van der Waals surface area contributed by atoms with Gasteiger partial charge in [-0.25, -0.2) is 0 Å². The van der Waals surface area contributed by atoms with Gasteiger partial charge >= 0.3 is 0 Å². The standard InChI is InChI=1S/C12H18N2OS/c1-14(11-2-3-11)12(15)8-13-6-4-10-5-7-16-9-10/h5,7,9,11,13H,2-4,6,8H2,1H3. The van der Waals surface area contributed by atoms with Crippen LogP contribution in [0.25, 0.3) is 0 Å². The number of likely N-dealkylation sites (N-methyl/N-ethyl adjacent to an activating group) is 1. The number of thiophene rings is 1. The molecule has 2 rings (SSSR count). The molecule has 1 aromatic rings. The number of hydrogen-bond acceptors (Lipinski definition) is 3. The molecular weight excluding hydrogens is 220 g/mol. The van der Waals surface area contributed by atoms with Crippen LogP contribution in [0.1, 0.15) is 18.4 Å². The van der Waals surface area contributed by atoms with Gasteiger partial charge in [0.25, 0.3) is 0 Å². The highest BCUT2D eigenvalue weighted by molar-refractivity contribution is 7.07. The van der Waals surface area contributed by atoms with Gasteiger partial charge in [0.1, 0.15) is 0 Å². The minimum atomic E-state index is 0.216. The third kappa shape index (κ3) is 3.32. The van der Waals surface area contributed by atoms with Crippen molar-refractivity contribution < 1.29 is 4.79 Å². The second-order valence-corrected chi connectivity index (χ2v) is 5.07. The Morgan fingerprint density at radius 3 is 3.06 bits per heavy atom. The first-order chi connectivity index (χ1) is 7.77. The van der Waals surface area contributed by atoms with Gasteiger partial charge in [0.15, 0.2) is 0 Å². The van der Waals surface area contributed by atoms with Crippen molar-refractivity contribution >= 4 is 17.2 Å². The average Bonchev–Trinajstić information content (AvgIpc) is 3.01. The van der Waals surface area contributed by atoms with Crippen molar-refractivity contribution in [1.82, 2.24) is 10.2 Å². The number of carbonyl (C=O) groups excluding carboxylic acids is 1. The van der Waals surface area contributed by atoms with Crippen LogP contribution >= 0.6 is 11.3 Å². The molecule has 88 valence electrons. The van der Waals surface area contributed by atoms with E-state index in [4.69, 9.17) is 0 Å². The molecule has 3 nitrogen and oxygen atoms in total. The monoisotopic (exact) mass is 238 g/mol. The van der Waals surface area contributed by atoms with Gasteiger partial charge in [-0.2, -0.15) is 11.3 Å². The van der Waals surface area contributed by atoms with E-state index in [9.17, 15) is 4.79 Å². The van der Waals surface area contributed by atoms with Crippen molar-refractivity contribution in [2.75, 3.05) is 20.1 Å². The van der Waals surface area contributed by atoms with Crippen LogP contribution in [0.4, 0.5) is 0 Å². The largest absolute Gasteiger partial charge is 0.342 e. The number of nitrogens with one attached hydrogen (secondary N) is 1. The minimum Gasteiger partial charge on any atom is -0.342 e. The van der Waals surface area contributed by atoms with E-state index in [-0.39, 0.29) is 5.91 Å². The maximum Gasteiger partial charge on any atom is 0.236 e. The lowest BCUT2D eigenvalue weighted by Crippen LogP contribution is -2.37. The lowest BCUT2D eigenvalue weighted by molar-refractivity contribution is -0.129. The van der Waals surface area contributed by atoms with E-state index in [0.717, 1.165) is 13.0 Å². The fraction of sp³-hybridized carbons (Fsp3) is 0.583. The highest BCUT2D eigenvalue weighted by Gasteiger charge is 2.28. The number of nitrogens with zero attached hydrogens (tertiary/aromatic N) is 1. The molecule has 0 aromatic carbocycles. The Hall–Kier alpha value is -0.870. The zero-order valence-corrected chi connectivity index (χ0v) is 10.4. The molecular formula is C12H18N2OS. The normalized spacial score (nSPS) is 15.1. The highest BCUT2D eigenvalue weighted by Crippen LogP contribution is 2.24. The Balaban J connectivity index is 1.58. The average molecular weight is 238 g/mol. The van der Waals surface area contributed by atoms with Crippen molar-refractivity contribution in [3.63, 3.8) is 0 Å². The summed E-state index contributed by atoms with van der Waals surface area (Å²) in [6, 6.07) is 2.65. The number of hydrogen-bond donors (Lipinski definition) is 1. The minimum absolute atomic E-state index is 0.216.